The van der Waals surface area contributed by atoms with Gasteiger partial charge < -0.3 is 11.5 Å². The molecule has 4 N–H and O–H groups in total. The van der Waals surface area contributed by atoms with E-state index in [9.17, 15) is 4.79 Å². The molecule has 0 radical (unpaired) electrons. The zero-order chi connectivity index (χ0) is 7.07. The average Bonchev–Trinajstić information content (AvgIpc) is 1.82. The van der Waals surface area contributed by atoms with Gasteiger partial charge in [0.1, 0.15) is 0 Å². The van der Waals surface area contributed by atoms with Gasteiger partial charge in [0.15, 0.2) is 0 Å². The average molecular weight is 128 g/mol. The minimum Gasteiger partial charge on any atom is -0.368 e. The predicted octanol–water partition coefficient (Wildman–Crippen LogP) is -0.401. The number of hydrogen-bond donors (Lipinski definition) is 2. The van der Waals surface area contributed by atoms with E-state index in [2.05, 4.69) is 0 Å². The second kappa shape index (κ2) is 1.70. The molecular formula is C6H12N2O. The standard InChI is InChI=1S/C6H12N2O/c1-4-2-3-6(4,8)5(7)9/h4H,2-3,8H2,1H3,(H2,7,9)/t4-,6-/m0/s1. The van der Waals surface area contributed by atoms with Crippen molar-refractivity contribution in [1.29, 1.82) is 0 Å². The number of nitrogens with two attached hydrogens (primary N) is 2. The van der Waals surface area contributed by atoms with Crippen LogP contribution in [0.3, 0.4) is 0 Å². The van der Waals surface area contributed by atoms with Crippen LogP contribution in [0.15, 0.2) is 0 Å². The van der Waals surface area contributed by atoms with Gasteiger partial charge >= 0.3 is 0 Å². The molecule has 52 valence electrons. The topological polar surface area (TPSA) is 69.1 Å². The highest BCUT2D eigenvalue weighted by Crippen LogP contribution is 2.35. The summed E-state index contributed by atoms with van der Waals surface area (Å²) in [7, 11) is 0. The minimum absolute atomic E-state index is 0.273. The molecule has 1 fully saturated rings. The summed E-state index contributed by atoms with van der Waals surface area (Å²) in [5, 5.41) is 0. The summed E-state index contributed by atoms with van der Waals surface area (Å²) in [4.78, 5) is 10.6. The van der Waals surface area contributed by atoms with Crippen LogP contribution in [0.5, 0.6) is 0 Å². The SMILES string of the molecule is C[C@H]1CC[C@@]1(N)C(N)=O. The van der Waals surface area contributed by atoms with Crippen molar-refractivity contribution < 1.29 is 4.79 Å². The predicted molar refractivity (Wildman–Crippen MR) is 34.5 cm³/mol. The second-order valence-electron chi connectivity index (χ2n) is 2.84. The summed E-state index contributed by atoms with van der Waals surface area (Å²) < 4.78 is 0. The third-order valence-corrected chi connectivity index (χ3v) is 2.33. The Morgan fingerprint density at radius 2 is 2.33 bits per heavy atom. The molecule has 0 aromatic rings. The highest BCUT2D eigenvalue weighted by Gasteiger charge is 2.45. The Kier molecular flexibility index (Phi) is 1.24. The fourth-order valence-corrected chi connectivity index (χ4v) is 1.11. The molecule has 0 bridgehead atoms. The molecular weight excluding hydrogens is 116 g/mol. The summed E-state index contributed by atoms with van der Waals surface area (Å²) in [6.07, 6.45) is 1.78. The van der Waals surface area contributed by atoms with Crippen molar-refractivity contribution in [3.63, 3.8) is 0 Å². The van der Waals surface area contributed by atoms with Gasteiger partial charge in [0.2, 0.25) is 5.91 Å². The first kappa shape index (κ1) is 6.55. The van der Waals surface area contributed by atoms with Gasteiger partial charge in [-0.2, -0.15) is 0 Å². The number of carbonyl (C=O) groups excluding carboxylic acids is 1. The van der Waals surface area contributed by atoms with E-state index in [1.165, 1.54) is 0 Å². The summed E-state index contributed by atoms with van der Waals surface area (Å²) in [5.41, 5.74) is 9.99. The van der Waals surface area contributed by atoms with E-state index in [0.29, 0.717) is 0 Å². The maximum Gasteiger partial charge on any atom is 0.237 e. The van der Waals surface area contributed by atoms with Crippen LogP contribution < -0.4 is 11.5 Å². The number of amides is 1. The van der Waals surface area contributed by atoms with Crippen LogP contribution in [0.4, 0.5) is 0 Å². The van der Waals surface area contributed by atoms with Crippen LogP contribution in [0.25, 0.3) is 0 Å². The molecule has 1 amide bonds. The first-order valence-corrected chi connectivity index (χ1v) is 3.16. The minimum atomic E-state index is -0.681. The monoisotopic (exact) mass is 128 g/mol. The van der Waals surface area contributed by atoms with Crippen molar-refractivity contribution in [1.82, 2.24) is 0 Å². The van der Waals surface area contributed by atoms with Gasteiger partial charge in [-0.25, -0.2) is 0 Å². The van der Waals surface area contributed by atoms with Gasteiger partial charge in [-0.3, -0.25) is 4.79 Å². The third-order valence-electron chi connectivity index (χ3n) is 2.33. The Morgan fingerprint density at radius 1 is 1.78 bits per heavy atom. The number of carbonyl (C=O) groups is 1. The van der Waals surface area contributed by atoms with Crippen molar-refractivity contribution in [2.24, 2.45) is 17.4 Å². The molecule has 3 nitrogen and oxygen atoms in total. The van der Waals surface area contributed by atoms with Crippen molar-refractivity contribution in [3.8, 4) is 0 Å². The summed E-state index contributed by atoms with van der Waals surface area (Å²) in [6, 6.07) is 0. The number of hydrogen-bond acceptors (Lipinski definition) is 2. The Hall–Kier alpha value is -0.570. The molecule has 1 aliphatic carbocycles. The maximum absolute atomic E-state index is 10.6. The molecule has 1 saturated carbocycles. The van der Waals surface area contributed by atoms with E-state index in [4.69, 9.17) is 11.5 Å². The van der Waals surface area contributed by atoms with Crippen molar-refractivity contribution in [2.75, 3.05) is 0 Å². The Balaban J connectivity index is 2.64. The van der Waals surface area contributed by atoms with Gasteiger partial charge in [0.25, 0.3) is 0 Å². The molecule has 0 saturated heterocycles. The molecule has 0 spiro atoms. The second-order valence-corrected chi connectivity index (χ2v) is 2.84. The van der Waals surface area contributed by atoms with Crippen LogP contribution in [0.2, 0.25) is 0 Å². The van der Waals surface area contributed by atoms with Crippen molar-refractivity contribution in [2.45, 2.75) is 25.3 Å². The third kappa shape index (κ3) is 0.721. The molecule has 9 heavy (non-hydrogen) atoms. The van der Waals surface area contributed by atoms with Gasteiger partial charge in [-0.15, -0.1) is 0 Å². The molecule has 2 atom stereocenters. The van der Waals surface area contributed by atoms with E-state index in [1.807, 2.05) is 6.92 Å². The van der Waals surface area contributed by atoms with Crippen molar-refractivity contribution in [3.05, 3.63) is 0 Å². The molecule has 0 heterocycles. The smallest absolute Gasteiger partial charge is 0.237 e. The molecule has 3 heteroatoms. The quantitative estimate of drug-likeness (QED) is 0.504. The van der Waals surface area contributed by atoms with E-state index in [-0.39, 0.29) is 11.8 Å². The molecule has 0 aromatic carbocycles. The Morgan fingerprint density at radius 3 is 2.33 bits per heavy atom. The van der Waals surface area contributed by atoms with Crippen LogP contribution in [0.1, 0.15) is 19.8 Å². The largest absolute Gasteiger partial charge is 0.368 e. The van der Waals surface area contributed by atoms with Gasteiger partial charge in [-0.1, -0.05) is 6.92 Å². The zero-order valence-electron chi connectivity index (χ0n) is 5.55. The molecule has 0 unspecified atom stereocenters. The van der Waals surface area contributed by atoms with Crippen LogP contribution in [0, 0.1) is 5.92 Å². The number of rotatable bonds is 1. The lowest BCUT2D eigenvalue weighted by Crippen LogP contribution is -2.62. The lowest BCUT2D eigenvalue weighted by Gasteiger charge is -2.41. The fourth-order valence-electron chi connectivity index (χ4n) is 1.11. The lowest BCUT2D eigenvalue weighted by atomic mass is 9.68. The first-order chi connectivity index (χ1) is 4.07. The van der Waals surface area contributed by atoms with E-state index in [0.717, 1.165) is 12.8 Å². The summed E-state index contributed by atoms with van der Waals surface area (Å²) in [6.45, 7) is 1.95. The van der Waals surface area contributed by atoms with Crippen molar-refractivity contribution >= 4 is 5.91 Å². The molecule has 1 aliphatic rings. The zero-order valence-corrected chi connectivity index (χ0v) is 5.55. The Labute approximate surface area is 54.4 Å². The summed E-state index contributed by atoms with van der Waals surface area (Å²) >= 11 is 0. The normalized spacial score (nSPS) is 41.8. The van der Waals surface area contributed by atoms with Crippen LogP contribution >= 0.6 is 0 Å². The summed E-state index contributed by atoms with van der Waals surface area (Å²) in [5.74, 6) is -0.0868. The Bertz CT molecular complexity index is 146. The highest BCUT2D eigenvalue weighted by molar-refractivity contribution is 5.85. The fraction of sp³-hybridized carbons (Fsp3) is 0.833. The highest BCUT2D eigenvalue weighted by atomic mass is 16.1. The molecule has 1 rings (SSSR count). The lowest BCUT2D eigenvalue weighted by molar-refractivity contribution is -0.128. The first-order valence-electron chi connectivity index (χ1n) is 3.16. The van der Waals surface area contributed by atoms with Gasteiger partial charge in [0.05, 0.1) is 5.54 Å². The maximum atomic E-state index is 10.6. The van der Waals surface area contributed by atoms with E-state index < -0.39 is 5.54 Å². The van der Waals surface area contributed by atoms with E-state index >= 15 is 0 Å². The molecule has 0 aromatic heterocycles. The van der Waals surface area contributed by atoms with Crippen LogP contribution in [-0.4, -0.2) is 11.4 Å². The van der Waals surface area contributed by atoms with Crippen LogP contribution in [-0.2, 0) is 4.79 Å². The van der Waals surface area contributed by atoms with Gasteiger partial charge in [-0.05, 0) is 18.8 Å². The van der Waals surface area contributed by atoms with E-state index in [1.54, 1.807) is 0 Å². The molecule has 0 aliphatic heterocycles. The van der Waals surface area contributed by atoms with Gasteiger partial charge in [0, 0.05) is 0 Å². The number of primary amides is 1.